The molecule has 25 heavy (non-hydrogen) atoms. The number of para-hydroxylation sites is 2. The molecule has 2 aromatic carbocycles. The molecule has 0 aliphatic rings. The van der Waals surface area contributed by atoms with E-state index in [2.05, 4.69) is 17.2 Å². The summed E-state index contributed by atoms with van der Waals surface area (Å²) < 4.78 is 5.77. The van der Waals surface area contributed by atoms with Crippen molar-refractivity contribution in [1.29, 1.82) is 0 Å². The molecule has 5 nitrogen and oxygen atoms in total. The van der Waals surface area contributed by atoms with Crippen molar-refractivity contribution < 1.29 is 9.53 Å². The quantitative estimate of drug-likeness (QED) is 0.436. The molecule has 0 saturated carbocycles. The zero-order valence-corrected chi connectivity index (χ0v) is 14.3. The Hall–Kier alpha value is -2.95. The summed E-state index contributed by atoms with van der Waals surface area (Å²) in [6.07, 6.45) is 3.39. The van der Waals surface area contributed by atoms with Crippen LogP contribution in [0.3, 0.4) is 0 Å². The number of carbonyl (C=O) groups is 1. The summed E-state index contributed by atoms with van der Waals surface area (Å²) in [5.41, 5.74) is 8.39. The molecule has 1 aromatic heterocycles. The Morgan fingerprint density at radius 3 is 2.80 bits per heavy atom. The molecule has 0 spiro atoms. The van der Waals surface area contributed by atoms with E-state index in [-0.39, 0.29) is 5.91 Å². The third-order valence-corrected chi connectivity index (χ3v) is 4.06. The molecule has 3 aromatic rings. The Balaban J connectivity index is 1.72. The fourth-order valence-corrected chi connectivity index (χ4v) is 2.67. The number of carbonyl (C=O) groups excluding carboxylic acids is 1. The van der Waals surface area contributed by atoms with Gasteiger partial charge in [0.25, 0.3) is 5.91 Å². The molecule has 4 N–H and O–H groups in total. The molecule has 0 atom stereocenters. The number of rotatable bonds is 7. The Kier molecular flexibility index (Phi) is 5.23. The molecule has 1 heterocycles. The van der Waals surface area contributed by atoms with Crippen LogP contribution in [0, 0.1) is 0 Å². The molecule has 0 saturated heterocycles. The number of H-pyrrole nitrogens is 1. The van der Waals surface area contributed by atoms with Crippen molar-refractivity contribution in [2.24, 2.45) is 0 Å². The summed E-state index contributed by atoms with van der Waals surface area (Å²) >= 11 is 0. The van der Waals surface area contributed by atoms with Crippen LogP contribution in [0.1, 0.15) is 36.7 Å². The summed E-state index contributed by atoms with van der Waals surface area (Å²) in [6, 6.07) is 14.8. The van der Waals surface area contributed by atoms with E-state index >= 15 is 0 Å². The molecule has 0 fully saturated rings. The fraction of sp³-hybridized carbons (Fsp3) is 0.250. The van der Waals surface area contributed by atoms with E-state index in [1.165, 1.54) is 12.8 Å². The predicted molar refractivity (Wildman–Crippen MR) is 102 cm³/mol. The van der Waals surface area contributed by atoms with E-state index in [4.69, 9.17) is 10.5 Å². The van der Waals surface area contributed by atoms with Crippen LogP contribution in [0.4, 0.5) is 11.4 Å². The molecule has 5 heteroatoms. The average molecular weight is 337 g/mol. The second-order valence-corrected chi connectivity index (χ2v) is 6.03. The third-order valence-electron chi connectivity index (χ3n) is 4.06. The summed E-state index contributed by atoms with van der Waals surface area (Å²) in [6.45, 7) is 2.88. The largest absolute Gasteiger partial charge is 0.494 e. The molecule has 0 radical (unpaired) electrons. The van der Waals surface area contributed by atoms with Crippen LogP contribution >= 0.6 is 0 Å². The molecular formula is C20H23N3O2. The topological polar surface area (TPSA) is 80.1 Å². The third kappa shape index (κ3) is 4.12. The first-order valence-corrected chi connectivity index (χ1v) is 8.59. The van der Waals surface area contributed by atoms with Gasteiger partial charge in [-0.1, -0.05) is 31.9 Å². The first kappa shape index (κ1) is 16.9. The van der Waals surface area contributed by atoms with Gasteiger partial charge in [0.2, 0.25) is 0 Å². The maximum atomic E-state index is 12.4. The van der Waals surface area contributed by atoms with Gasteiger partial charge in [0.15, 0.2) is 0 Å². The summed E-state index contributed by atoms with van der Waals surface area (Å²) in [5, 5.41) is 3.77. The van der Waals surface area contributed by atoms with Crippen molar-refractivity contribution in [2.75, 3.05) is 17.7 Å². The van der Waals surface area contributed by atoms with Crippen LogP contribution in [0.5, 0.6) is 5.75 Å². The van der Waals surface area contributed by atoms with Crippen LogP contribution in [0.2, 0.25) is 0 Å². The molecular weight excluding hydrogens is 314 g/mol. The number of nitrogen functional groups attached to an aromatic ring is 1. The van der Waals surface area contributed by atoms with E-state index in [0.29, 0.717) is 23.7 Å². The van der Waals surface area contributed by atoms with Gasteiger partial charge in [-0.2, -0.15) is 0 Å². The Labute approximate surface area is 147 Å². The standard InChI is InChI=1S/C20H23N3O2/c1-2-3-6-11-25-15-9-10-17-14(12-15)13-19(22-17)20(24)23-18-8-5-4-7-16(18)21/h4-5,7-10,12-13,22H,2-3,6,11,21H2,1H3,(H,23,24). The highest BCUT2D eigenvalue weighted by molar-refractivity contribution is 6.07. The Morgan fingerprint density at radius 2 is 2.00 bits per heavy atom. The maximum absolute atomic E-state index is 12.4. The second kappa shape index (κ2) is 7.75. The van der Waals surface area contributed by atoms with Crippen molar-refractivity contribution in [2.45, 2.75) is 26.2 Å². The van der Waals surface area contributed by atoms with Crippen molar-refractivity contribution >= 4 is 28.2 Å². The highest BCUT2D eigenvalue weighted by atomic mass is 16.5. The van der Waals surface area contributed by atoms with E-state index in [1.54, 1.807) is 12.1 Å². The number of benzene rings is 2. The fourth-order valence-electron chi connectivity index (χ4n) is 2.67. The summed E-state index contributed by atoms with van der Waals surface area (Å²) in [7, 11) is 0. The number of hydrogen-bond acceptors (Lipinski definition) is 3. The van der Waals surface area contributed by atoms with Crippen LogP contribution < -0.4 is 15.8 Å². The lowest BCUT2D eigenvalue weighted by atomic mass is 10.2. The number of aromatic amines is 1. The minimum absolute atomic E-state index is 0.223. The molecule has 0 aliphatic carbocycles. The summed E-state index contributed by atoms with van der Waals surface area (Å²) in [4.78, 5) is 15.6. The monoisotopic (exact) mass is 337 g/mol. The number of aromatic nitrogens is 1. The number of ether oxygens (including phenoxy) is 1. The minimum atomic E-state index is -0.223. The average Bonchev–Trinajstić information content (AvgIpc) is 3.04. The molecule has 0 unspecified atom stereocenters. The van der Waals surface area contributed by atoms with Crippen LogP contribution in [0.15, 0.2) is 48.5 Å². The van der Waals surface area contributed by atoms with Crippen molar-refractivity contribution in [3.63, 3.8) is 0 Å². The van der Waals surface area contributed by atoms with E-state index in [0.717, 1.165) is 23.1 Å². The van der Waals surface area contributed by atoms with E-state index in [9.17, 15) is 4.79 Å². The number of hydrogen-bond donors (Lipinski definition) is 3. The van der Waals surface area contributed by atoms with Gasteiger partial charge in [-0.05, 0) is 42.8 Å². The minimum Gasteiger partial charge on any atom is -0.494 e. The number of nitrogens with two attached hydrogens (primary N) is 1. The number of nitrogens with one attached hydrogen (secondary N) is 2. The number of amides is 1. The van der Waals surface area contributed by atoms with E-state index in [1.807, 2.05) is 36.4 Å². The number of anilines is 2. The van der Waals surface area contributed by atoms with Gasteiger partial charge in [0.1, 0.15) is 11.4 Å². The van der Waals surface area contributed by atoms with Gasteiger partial charge in [0.05, 0.1) is 18.0 Å². The highest BCUT2D eigenvalue weighted by Crippen LogP contribution is 2.23. The zero-order valence-electron chi connectivity index (χ0n) is 14.3. The summed E-state index contributed by atoms with van der Waals surface area (Å²) in [5.74, 6) is 0.598. The van der Waals surface area contributed by atoms with Gasteiger partial charge >= 0.3 is 0 Å². The lowest BCUT2D eigenvalue weighted by Crippen LogP contribution is -2.13. The van der Waals surface area contributed by atoms with Crippen LogP contribution in [0.25, 0.3) is 10.9 Å². The first-order valence-electron chi connectivity index (χ1n) is 8.59. The van der Waals surface area contributed by atoms with Gasteiger partial charge in [-0.3, -0.25) is 4.79 Å². The molecule has 3 rings (SSSR count). The Bertz CT molecular complexity index is 870. The SMILES string of the molecule is CCCCCOc1ccc2[nH]c(C(=O)Nc3ccccc3N)cc2c1. The number of fused-ring (bicyclic) bond motifs is 1. The number of unbranched alkanes of at least 4 members (excludes halogenated alkanes) is 2. The normalized spacial score (nSPS) is 10.8. The lowest BCUT2D eigenvalue weighted by molar-refractivity contribution is 0.102. The predicted octanol–water partition coefficient (Wildman–Crippen LogP) is 4.57. The van der Waals surface area contributed by atoms with Gasteiger partial charge in [-0.25, -0.2) is 0 Å². The van der Waals surface area contributed by atoms with Crippen molar-refractivity contribution in [3.8, 4) is 5.75 Å². The molecule has 0 bridgehead atoms. The molecule has 130 valence electrons. The van der Waals surface area contributed by atoms with Crippen molar-refractivity contribution in [1.82, 2.24) is 4.98 Å². The molecule has 1 amide bonds. The van der Waals surface area contributed by atoms with Gasteiger partial charge in [-0.15, -0.1) is 0 Å². The van der Waals surface area contributed by atoms with Crippen LogP contribution in [-0.4, -0.2) is 17.5 Å². The zero-order chi connectivity index (χ0) is 17.6. The Morgan fingerprint density at radius 1 is 1.16 bits per heavy atom. The lowest BCUT2D eigenvalue weighted by Gasteiger charge is -2.06. The van der Waals surface area contributed by atoms with Crippen molar-refractivity contribution in [3.05, 3.63) is 54.2 Å². The van der Waals surface area contributed by atoms with Gasteiger partial charge < -0.3 is 20.8 Å². The first-order chi connectivity index (χ1) is 12.2. The van der Waals surface area contributed by atoms with Gasteiger partial charge in [0, 0.05) is 10.9 Å². The maximum Gasteiger partial charge on any atom is 0.272 e. The second-order valence-electron chi connectivity index (χ2n) is 6.03. The smallest absolute Gasteiger partial charge is 0.272 e. The van der Waals surface area contributed by atoms with E-state index < -0.39 is 0 Å². The molecule has 0 aliphatic heterocycles. The highest BCUT2D eigenvalue weighted by Gasteiger charge is 2.11. The van der Waals surface area contributed by atoms with Crippen LogP contribution in [-0.2, 0) is 0 Å².